The Morgan fingerprint density at radius 2 is 1.02 bits per heavy atom. The first-order chi connectivity index (χ1) is 21.7. The van der Waals surface area contributed by atoms with Gasteiger partial charge in [0, 0.05) is 11.3 Å². The van der Waals surface area contributed by atoms with Gasteiger partial charge in [-0.05, 0) is 71.6 Å². The summed E-state index contributed by atoms with van der Waals surface area (Å²) in [5, 5.41) is 2.37. The van der Waals surface area contributed by atoms with E-state index in [1.807, 2.05) is 97.1 Å². The Kier molecular flexibility index (Phi) is 9.14. The number of aliphatic imine (C=N–C) groups is 1. The van der Waals surface area contributed by atoms with Crippen LogP contribution in [0, 0.1) is 0 Å². The van der Waals surface area contributed by atoms with Gasteiger partial charge in [0.05, 0.1) is 12.6 Å². The minimum Gasteiger partial charge on any atom is -0.483 e. The summed E-state index contributed by atoms with van der Waals surface area (Å²) >= 11 is 0. The fraction of sp³-hybridized carbons (Fsp3) is 0.103. The third kappa shape index (κ3) is 7.25. The first kappa shape index (κ1) is 29.0. The minimum atomic E-state index is -3.44. The standard InChI is InChI=1S/C39H35NO3Si/c1-31(40-30-32-16-6-2-7-17-32)39-34(27-26-33-18-14-15-25-38(33)39)28-29-44(41-35-19-8-3-9-20-35,42-36-21-10-4-11-22-36)43-37-23-12-5-13-24-37/h2-27H,28-30H2,1H3. The van der Waals surface area contributed by atoms with Gasteiger partial charge in [-0.15, -0.1) is 0 Å². The number of nitrogens with zero attached hydrogens (tertiary/aromatic N) is 1. The number of hydrogen-bond donors (Lipinski definition) is 0. The summed E-state index contributed by atoms with van der Waals surface area (Å²) in [6.45, 7) is 2.74. The largest absolute Gasteiger partial charge is 0.699 e. The molecule has 0 heterocycles. The van der Waals surface area contributed by atoms with Crippen molar-refractivity contribution in [3.05, 3.63) is 174 Å². The zero-order valence-corrected chi connectivity index (χ0v) is 25.8. The molecule has 0 aliphatic heterocycles. The summed E-state index contributed by atoms with van der Waals surface area (Å²) in [7, 11) is -3.44. The number of benzene rings is 6. The normalized spacial score (nSPS) is 11.7. The van der Waals surface area contributed by atoms with E-state index in [1.54, 1.807) is 0 Å². The van der Waals surface area contributed by atoms with Crippen LogP contribution in [0.5, 0.6) is 17.2 Å². The minimum absolute atomic E-state index is 0.545. The van der Waals surface area contributed by atoms with E-state index < -0.39 is 8.80 Å². The lowest BCUT2D eigenvalue weighted by molar-refractivity contribution is 0.260. The van der Waals surface area contributed by atoms with Crippen LogP contribution in [0.2, 0.25) is 6.04 Å². The number of rotatable bonds is 12. The highest BCUT2D eigenvalue weighted by molar-refractivity contribution is 6.63. The first-order valence-corrected chi connectivity index (χ1v) is 16.9. The molecule has 0 amide bonds. The molecule has 0 aromatic heterocycles. The summed E-state index contributed by atoms with van der Waals surface area (Å²) in [6, 6.07) is 53.3. The van der Waals surface area contributed by atoms with Crippen LogP contribution < -0.4 is 13.3 Å². The fourth-order valence-corrected chi connectivity index (χ4v) is 7.82. The zero-order valence-electron chi connectivity index (χ0n) is 24.8. The Bertz CT molecular complexity index is 1710. The highest BCUT2D eigenvalue weighted by Crippen LogP contribution is 2.31. The molecule has 0 unspecified atom stereocenters. The molecule has 6 aromatic carbocycles. The quantitative estimate of drug-likeness (QED) is 0.105. The molecule has 0 saturated heterocycles. The van der Waals surface area contributed by atoms with Crippen LogP contribution >= 0.6 is 0 Å². The van der Waals surface area contributed by atoms with Gasteiger partial charge in [0.2, 0.25) is 0 Å². The lowest BCUT2D eigenvalue weighted by Crippen LogP contribution is -2.55. The van der Waals surface area contributed by atoms with Gasteiger partial charge >= 0.3 is 8.80 Å². The predicted molar refractivity (Wildman–Crippen MR) is 182 cm³/mol. The highest BCUT2D eigenvalue weighted by atomic mass is 28.4. The average molecular weight is 594 g/mol. The van der Waals surface area contributed by atoms with E-state index in [4.69, 9.17) is 18.3 Å². The topological polar surface area (TPSA) is 40.0 Å². The molecule has 4 nitrogen and oxygen atoms in total. The van der Waals surface area contributed by atoms with Crippen molar-refractivity contribution in [3.63, 3.8) is 0 Å². The number of fused-ring (bicyclic) bond motifs is 1. The Morgan fingerprint density at radius 3 is 1.57 bits per heavy atom. The van der Waals surface area contributed by atoms with Crippen LogP contribution in [0.4, 0.5) is 0 Å². The molecule has 0 aliphatic carbocycles. The Hall–Kier alpha value is -5.13. The third-order valence-electron chi connectivity index (χ3n) is 7.47. The summed E-state index contributed by atoms with van der Waals surface area (Å²) < 4.78 is 20.4. The second-order valence-electron chi connectivity index (χ2n) is 10.6. The van der Waals surface area contributed by atoms with Crippen molar-refractivity contribution < 1.29 is 13.3 Å². The second-order valence-corrected chi connectivity index (χ2v) is 13.1. The molecule has 0 bridgehead atoms. The highest BCUT2D eigenvalue weighted by Gasteiger charge is 2.49. The van der Waals surface area contributed by atoms with E-state index in [2.05, 4.69) is 67.6 Å². The maximum absolute atomic E-state index is 6.79. The van der Waals surface area contributed by atoms with E-state index in [0.717, 1.165) is 11.3 Å². The smallest absolute Gasteiger partial charge is 0.483 e. The molecule has 0 saturated carbocycles. The Morgan fingerprint density at radius 1 is 0.545 bits per heavy atom. The second kappa shape index (κ2) is 13.9. The SMILES string of the molecule is CC(=NCc1ccccc1)c1c(CC[Si](Oc2ccccc2)(Oc2ccccc2)Oc2ccccc2)ccc2ccccc12. The van der Waals surface area contributed by atoms with Crippen LogP contribution in [0.25, 0.3) is 10.8 Å². The van der Waals surface area contributed by atoms with Gasteiger partial charge < -0.3 is 13.3 Å². The van der Waals surface area contributed by atoms with Crippen LogP contribution in [-0.2, 0) is 13.0 Å². The molecular weight excluding hydrogens is 559 g/mol. The van der Waals surface area contributed by atoms with Gasteiger partial charge in [0.15, 0.2) is 0 Å². The van der Waals surface area contributed by atoms with Crippen molar-refractivity contribution in [1.29, 1.82) is 0 Å². The van der Waals surface area contributed by atoms with Crippen molar-refractivity contribution >= 4 is 25.3 Å². The lowest BCUT2D eigenvalue weighted by atomic mass is 9.94. The van der Waals surface area contributed by atoms with E-state index in [9.17, 15) is 0 Å². The van der Waals surface area contributed by atoms with Crippen LogP contribution in [-0.4, -0.2) is 14.5 Å². The molecule has 44 heavy (non-hydrogen) atoms. The number of para-hydroxylation sites is 3. The van der Waals surface area contributed by atoms with Gasteiger partial charge in [-0.3, -0.25) is 4.99 Å². The van der Waals surface area contributed by atoms with E-state index >= 15 is 0 Å². The molecule has 0 atom stereocenters. The summed E-state index contributed by atoms with van der Waals surface area (Å²) in [6.07, 6.45) is 0.678. The molecule has 6 rings (SSSR count). The van der Waals surface area contributed by atoms with Crippen molar-refractivity contribution in [2.45, 2.75) is 25.9 Å². The van der Waals surface area contributed by atoms with Crippen LogP contribution in [0.3, 0.4) is 0 Å². The van der Waals surface area contributed by atoms with Gasteiger partial charge in [-0.1, -0.05) is 121 Å². The summed E-state index contributed by atoms with van der Waals surface area (Å²) in [5.74, 6) is 2.14. The van der Waals surface area contributed by atoms with Gasteiger partial charge in [-0.2, -0.15) is 0 Å². The van der Waals surface area contributed by atoms with Crippen molar-refractivity contribution in [1.82, 2.24) is 0 Å². The maximum Gasteiger partial charge on any atom is 0.699 e. The lowest BCUT2D eigenvalue weighted by Gasteiger charge is -2.31. The van der Waals surface area contributed by atoms with Crippen LogP contribution in [0.1, 0.15) is 23.6 Å². The average Bonchev–Trinajstić information content (AvgIpc) is 3.08. The predicted octanol–water partition coefficient (Wildman–Crippen LogP) is 9.57. The van der Waals surface area contributed by atoms with E-state index in [1.165, 1.54) is 21.9 Å². The molecular formula is C39H35NO3Si. The Balaban J connectivity index is 1.40. The molecule has 5 heteroatoms. The van der Waals surface area contributed by atoms with Crippen molar-refractivity contribution in [3.8, 4) is 17.2 Å². The van der Waals surface area contributed by atoms with E-state index in [-0.39, 0.29) is 0 Å². The van der Waals surface area contributed by atoms with E-state index in [0.29, 0.717) is 36.3 Å². The molecule has 0 N–H and O–H groups in total. The zero-order chi connectivity index (χ0) is 30.0. The first-order valence-electron chi connectivity index (χ1n) is 15.0. The van der Waals surface area contributed by atoms with Crippen molar-refractivity contribution in [2.24, 2.45) is 4.99 Å². The molecule has 0 aliphatic rings. The maximum atomic E-state index is 6.79. The fourth-order valence-electron chi connectivity index (χ4n) is 5.33. The summed E-state index contributed by atoms with van der Waals surface area (Å²) in [4.78, 5) is 5.06. The number of aryl methyl sites for hydroxylation is 1. The van der Waals surface area contributed by atoms with Crippen LogP contribution in [0.15, 0.2) is 163 Å². The van der Waals surface area contributed by atoms with Gasteiger partial charge in [0.1, 0.15) is 17.2 Å². The molecule has 0 radical (unpaired) electrons. The molecule has 218 valence electrons. The summed E-state index contributed by atoms with van der Waals surface area (Å²) in [5.41, 5.74) is 4.52. The monoisotopic (exact) mass is 593 g/mol. The van der Waals surface area contributed by atoms with Gasteiger partial charge in [0.25, 0.3) is 0 Å². The molecule has 0 spiro atoms. The van der Waals surface area contributed by atoms with Crippen molar-refractivity contribution in [2.75, 3.05) is 0 Å². The number of hydrogen-bond acceptors (Lipinski definition) is 4. The molecule has 0 fully saturated rings. The Labute approximate surface area is 260 Å². The molecule has 6 aromatic rings. The third-order valence-corrected chi connectivity index (χ3v) is 9.97. The van der Waals surface area contributed by atoms with Gasteiger partial charge in [-0.25, -0.2) is 0 Å².